The van der Waals surface area contributed by atoms with Gasteiger partial charge in [-0.25, -0.2) is 4.79 Å². The van der Waals surface area contributed by atoms with Crippen molar-refractivity contribution in [1.29, 1.82) is 0 Å². The van der Waals surface area contributed by atoms with Crippen LogP contribution in [-0.2, 0) is 4.79 Å². The summed E-state index contributed by atoms with van der Waals surface area (Å²) in [5, 5.41) is 9.75. The molecule has 0 bridgehead atoms. The molecule has 88 valence electrons. The summed E-state index contributed by atoms with van der Waals surface area (Å²) < 4.78 is 0. The van der Waals surface area contributed by atoms with Crippen molar-refractivity contribution < 1.29 is 9.90 Å². The number of aliphatic carboxylic acids is 1. The number of rotatable bonds is 4. The third kappa shape index (κ3) is 2.67. The fourth-order valence-corrected chi connectivity index (χ4v) is 2.02. The SMILES string of the molecule is CC[C@H](C(=O)O)N(C)c1ccc(Cl)cc1C. The number of carbonyl (C=O) groups is 1. The highest BCUT2D eigenvalue weighted by atomic mass is 35.5. The largest absolute Gasteiger partial charge is 0.480 e. The third-order valence-corrected chi connectivity index (χ3v) is 2.91. The van der Waals surface area contributed by atoms with Gasteiger partial charge in [0.2, 0.25) is 0 Å². The molecule has 0 aliphatic rings. The summed E-state index contributed by atoms with van der Waals surface area (Å²) >= 11 is 5.86. The summed E-state index contributed by atoms with van der Waals surface area (Å²) in [6.45, 7) is 3.78. The maximum atomic E-state index is 11.1. The third-order valence-electron chi connectivity index (χ3n) is 2.68. The standard InChI is InChI=1S/C12H16ClNO2/c1-4-10(12(15)16)14(3)11-6-5-9(13)7-8(11)2/h5-7,10H,4H2,1-3H3,(H,15,16)/t10-/m1/s1. The van der Waals surface area contributed by atoms with Crippen LogP contribution in [0.15, 0.2) is 18.2 Å². The quantitative estimate of drug-likeness (QED) is 0.881. The molecule has 1 atom stereocenters. The van der Waals surface area contributed by atoms with E-state index in [0.29, 0.717) is 11.4 Å². The number of hydrogen-bond acceptors (Lipinski definition) is 2. The number of carboxylic acid groups (broad SMARTS) is 1. The molecule has 0 radical (unpaired) electrons. The van der Waals surface area contributed by atoms with Crippen LogP contribution in [0.3, 0.4) is 0 Å². The molecule has 4 heteroatoms. The Balaban J connectivity index is 3.03. The molecule has 0 spiro atoms. The van der Waals surface area contributed by atoms with Gasteiger partial charge in [-0.1, -0.05) is 18.5 Å². The van der Waals surface area contributed by atoms with Gasteiger partial charge in [0.25, 0.3) is 0 Å². The van der Waals surface area contributed by atoms with E-state index in [1.807, 2.05) is 26.0 Å². The first-order chi connectivity index (χ1) is 7.47. The number of halogens is 1. The lowest BCUT2D eigenvalue weighted by Gasteiger charge is -2.27. The summed E-state index contributed by atoms with van der Waals surface area (Å²) in [6, 6.07) is 4.96. The zero-order valence-electron chi connectivity index (χ0n) is 9.70. The minimum absolute atomic E-state index is 0.500. The Labute approximate surface area is 101 Å². The molecule has 1 aromatic carbocycles. The van der Waals surface area contributed by atoms with Gasteiger partial charge in [0.05, 0.1) is 0 Å². The number of hydrogen-bond donors (Lipinski definition) is 1. The van der Waals surface area contributed by atoms with Crippen LogP contribution in [0.25, 0.3) is 0 Å². The summed E-state index contributed by atoms with van der Waals surface area (Å²) in [5.41, 5.74) is 1.88. The fraction of sp³-hybridized carbons (Fsp3) is 0.417. The summed E-state index contributed by atoms with van der Waals surface area (Å²) in [5.74, 6) is -0.806. The van der Waals surface area contributed by atoms with Crippen LogP contribution in [0.5, 0.6) is 0 Å². The van der Waals surface area contributed by atoms with Crippen molar-refractivity contribution in [1.82, 2.24) is 0 Å². The molecule has 1 N–H and O–H groups in total. The Hall–Kier alpha value is -1.22. The number of nitrogens with zero attached hydrogens (tertiary/aromatic N) is 1. The minimum Gasteiger partial charge on any atom is -0.480 e. The lowest BCUT2D eigenvalue weighted by Crippen LogP contribution is -2.38. The Kier molecular flexibility index (Phi) is 4.19. The summed E-state index contributed by atoms with van der Waals surface area (Å²) in [4.78, 5) is 12.8. The van der Waals surface area contributed by atoms with Crippen LogP contribution in [-0.4, -0.2) is 24.2 Å². The number of likely N-dealkylation sites (N-methyl/N-ethyl adjacent to an activating group) is 1. The van der Waals surface area contributed by atoms with Crippen LogP contribution in [0, 0.1) is 6.92 Å². The van der Waals surface area contributed by atoms with Gasteiger partial charge in [0.1, 0.15) is 6.04 Å². The van der Waals surface area contributed by atoms with Gasteiger partial charge < -0.3 is 10.0 Å². The molecule has 0 aliphatic carbocycles. The van der Waals surface area contributed by atoms with E-state index in [2.05, 4.69) is 0 Å². The second-order valence-corrected chi connectivity index (χ2v) is 4.24. The van der Waals surface area contributed by atoms with Crippen LogP contribution in [0.2, 0.25) is 5.02 Å². The van der Waals surface area contributed by atoms with E-state index >= 15 is 0 Å². The second kappa shape index (κ2) is 5.21. The lowest BCUT2D eigenvalue weighted by atomic mass is 10.1. The molecule has 0 heterocycles. The molecule has 3 nitrogen and oxygen atoms in total. The molecule has 16 heavy (non-hydrogen) atoms. The van der Waals surface area contributed by atoms with Gasteiger partial charge in [-0.2, -0.15) is 0 Å². The molecule has 0 fully saturated rings. The molecule has 0 aromatic heterocycles. The van der Waals surface area contributed by atoms with Gasteiger partial charge >= 0.3 is 5.97 Å². The highest BCUT2D eigenvalue weighted by molar-refractivity contribution is 6.30. The smallest absolute Gasteiger partial charge is 0.326 e. The normalized spacial score (nSPS) is 12.2. The van der Waals surface area contributed by atoms with Crippen LogP contribution in [0.1, 0.15) is 18.9 Å². The number of carboxylic acids is 1. The molecular formula is C12H16ClNO2. The van der Waals surface area contributed by atoms with Crippen molar-refractivity contribution in [3.05, 3.63) is 28.8 Å². The minimum atomic E-state index is -0.806. The number of benzene rings is 1. The van der Waals surface area contributed by atoms with Gasteiger partial charge in [-0.3, -0.25) is 0 Å². The fourth-order valence-electron chi connectivity index (χ4n) is 1.80. The van der Waals surface area contributed by atoms with E-state index in [1.54, 1.807) is 18.0 Å². The van der Waals surface area contributed by atoms with Gasteiger partial charge in [0.15, 0.2) is 0 Å². The van der Waals surface area contributed by atoms with Crippen molar-refractivity contribution in [3.8, 4) is 0 Å². The molecule has 1 rings (SSSR count). The predicted octanol–water partition coefficient (Wildman–Crippen LogP) is 2.95. The highest BCUT2D eigenvalue weighted by Crippen LogP contribution is 2.24. The zero-order chi connectivity index (χ0) is 12.3. The van der Waals surface area contributed by atoms with Crippen LogP contribution < -0.4 is 4.90 Å². The first-order valence-corrected chi connectivity index (χ1v) is 5.57. The Morgan fingerprint density at radius 3 is 2.62 bits per heavy atom. The van der Waals surface area contributed by atoms with Crippen molar-refractivity contribution in [2.45, 2.75) is 26.3 Å². The summed E-state index contributed by atoms with van der Waals surface area (Å²) in [7, 11) is 1.79. The maximum Gasteiger partial charge on any atom is 0.326 e. The Morgan fingerprint density at radius 1 is 1.56 bits per heavy atom. The maximum absolute atomic E-state index is 11.1. The zero-order valence-corrected chi connectivity index (χ0v) is 10.5. The van der Waals surface area contributed by atoms with E-state index in [0.717, 1.165) is 11.3 Å². The monoisotopic (exact) mass is 241 g/mol. The lowest BCUT2D eigenvalue weighted by molar-refractivity contribution is -0.138. The summed E-state index contributed by atoms with van der Waals surface area (Å²) in [6.07, 6.45) is 0.563. The molecule has 1 aromatic rings. The van der Waals surface area contributed by atoms with Crippen LogP contribution in [0.4, 0.5) is 5.69 Å². The molecular weight excluding hydrogens is 226 g/mol. The van der Waals surface area contributed by atoms with Gasteiger partial charge in [-0.15, -0.1) is 0 Å². The first-order valence-electron chi connectivity index (χ1n) is 5.19. The number of anilines is 1. The van der Waals surface area contributed by atoms with Crippen molar-refractivity contribution in [2.24, 2.45) is 0 Å². The molecule has 0 saturated carbocycles. The average molecular weight is 242 g/mol. The predicted molar refractivity (Wildman–Crippen MR) is 66.3 cm³/mol. The van der Waals surface area contributed by atoms with E-state index < -0.39 is 12.0 Å². The Bertz CT molecular complexity index is 393. The topological polar surface area (TPSA) is 40.5 Å². The van der Waals surface area contributed by atoms with E-state index in [1.165, 1.54) is 0 Å². The van der Waals surface area contributed by atoms with Crippen molar-refractivity contribution in [3.63, 3.8) is 0 Å². The first kappa shape index (κ1) is 12.8. The van der Waals surface area contributed by atoms with Crippen molar-refractivity contribution >= 4 is 23.3 Å². The molecule has 0 amide bonds. The van der Waals surface area contributed by atoms with Crippen LogP contribution >= 0.6 is 11.6 Å². The number of aryl methyl sites for hydroxylation is 1. The van der Waals surface area contributed by atoms with E-state index in [9.17, 15) is 4.79 Å². The Morgan fingerprint density at radius 2 is 2.19 bits per heavy atom. The van der Waals surface area contributed by atoms with Gasteiger partial charge in [0, 0.05) is 17.8 Å². The van der Waals surface area contributed by atoms with Gasteiger partial charge in [-0.05, 0) is 37.1 Å². The molecule has 0 saturated heterocycles. The average Bonchev–Trinajstić information content (AvgIpc) is 2.17. The highest BCUT2D eigenvalue weighted by Gasteiger charge is 2.21. The van der Waals surface area contributed by atoms with E-state index in [4.69, 9.17) is 16.7 Å². The van der Waals surface area contributed by atoms with Crippen molar-refractivity contribution in [2.75, 3.05) is 11.9 Å². The molecule has 0 unspecified atom stereocenters. The second-order valence-electron chi connectivity index (χ2n) is 3.80. The molecule has 0 aliphatic heterocycles. The van der Waals surface area contributed by atoms with E-state index in [-0.39, 0.29) is 0 Å².